The Morgan fingerprint density at radius 1 is 0.880 bits per heavy atom. The van der Waals surface area contributed by atoms with E-state index >= 15 is 0 Å². The van der Waals surface area contributed by atoms with Gasteiger partial charge in [0.25, 0.3) is 0 Å². The first kappa shape index (κ1) is 19.3. The Balaban J connectivity index is 2.05. The Morgan fingerprint density at radius 3 is 2.00 bits per heavy atom. The number of unbranched alkanes of at least 4 members (excludes halogenated alkanes) is 2. The molecule has 1 nitrogen and oxygen atoms in total. The summed E-state index contributed by atoms with van der Waals surface area (Å²) in [6.45, 7) is 6.65. The Labute approximate surface area is 153 Å². The minimum absolute atomic E-state index is 0.00458. The Kier molecular flexibility index (Phi) is 7.74. The van der Waals surface area contributed by atoms with Gasteiger partial charge in [-0.05, 0) is 47.4 Å². The lowest BCUT2D eigenvalue weighted by Gasteiger charge is -2.14. The summed E-state index contributed by atoms with van der Waals surface area (Å²) in [5, 5.41) is 9.48. The zero-order chi connectivity index (χ0) is 18.1. The van der Waals surface area contributed by atoms with Crippen LogP contribution in [0.4, 0.5) is 0 Å². The third kappa shape index (κ3) is 5.75. The predicted molar refractivity (Wildman–Crippen MR) is 108 cm³/mol. The Morgan fingerprint density at radius 2 is 1.48 bits per heavy atom. The number of benzene rings is 2. The summed E-state index contributed by atoms with van der Waals surface area (Å²) in [5.74, 6) is 0.592. The summed E-state index contributed by atoms with van der Waals surface area (Å²) < 4.78 is 0. The molecule has 1 heteroatoms. The summed E-state index contributed by atoms with van der Waals surface area (Å²) in [6.07, 6.45) is 7.09. The van der Waals surface area contributed by atoms with Crippen LogP contribution in [0.1, 0.15) is 69.9 Å². The fourth-order valence-electron chi connectivity index (χ4n) is 3.18. The van der Waals surface area contributed by atoms with Crippen LogP contribution in [-0.2, 0) is 6.42 Å². The first-order valence-electron chi connectivity index (χ1n) is 9.76. The second-order valence-electron chi connectivity index (χ2n) is 7.21. The van der Waals surface area contributed by atoms with E-state index in [-0.39, 0.29) is 5.92 Å². The number of hydrogen-bond acceptors (Lipinski definition) is 1. The SMILES string of the molecule is CCCCCc1ccc(-c2ccc(C(C#N)CC(C)CC)cc2)cc1. The highest BCUT2D eigenvalue weighted by Gasteiger charge is 2.14. The van der Waals surface area contributed by atoms with Crippen LogP contribution >= 0.6 is 0 Å². The molecular weight excluding hydrogens is 302 g/mol. The van der Waals surface area contributed by atoms with E-state index in [0.717, 1.165) is 18.4 Å². The maximum absolute atomic E-state index is 9.48. The van der Waals surface area contributed by atoms with E-state index < -0.39 is 0 Å². The zero-order valence-electron chi connectivity index (χ0n) is 16.0. The highest BCUT2D eigenvalue weighted by atomic mass is 14.3. The average Bonchev–Trinajstić information content (AvgIpc) is 2.67. The fraction of sp³-hybridized carbons (Fsp3) is 0.458. The van der Waals surface area contributed by atoms with Crippen LogP contribution in [0.5, 0.6) is 0 Å². The van der Waals surface area contributed by atoms with Crippen LogP contribution in [0.3, 0.4) is 0 Å². The third-order valence-corrected chi connectivity index (χ3v) is 5.16. The van der Waals surface area contributed by atoms with E-state index in [1.165, 1.54) is 42.4 Å². The third-order valence-electron chi connectivity index (χ3n) is 5.16. The van der Waals surface area contributed by atoms with Gasteiger partial charge < -0.3 is 0 Å². The first-order chi connectivity index (χ1) is 12.2. The van der Waals surface area contributed by atoms with Crippen molar-refractivity contribution in [3.05, 3.63) is 59.7 Å². The number of nitrogens with zero attached hydrogens (tertiary/aromatic N) is 1. The van der Waals surface area contributed by atoms with Gasteiger partial charge in [0, 0.05) is 0 Å². The van der Waals surface area contributed by atoms with E-state index in [0.29, 0.717) is 5.92 Å². The second-order valence-corrected chi connectivity index (χ2v) is 7.21. The molecule has 0 aromatic heterocycles. The maximum atomic E-state index is 9.48. The number of rotatable bonds is 9. The molecule has 0 radical (unpaired) electrons. The number of hydrogen-bond donors (Lipinski definition) is 0. The molecule has 0 amide bonds. The quantitative estimate of drug-likeness (QED) is 0.448. The summed E-state index contributed by atoms with van der Waals surface area (Å²) in [5.41, 5.74) is 5.04. The molecule has 0 aliphatic rings. The van der Waals surface area contributed by atoms with Crippen LogP contribution in [0.25, 0.3) is 11.1 Å². The van der Waals surface area contributed by atoms with Crippen LogP contribution in [0.2, 0.25) is 0 Å². The minimum atomic E-state index is 0.00458. The molecule has 0 fully saturated rings. The van der Waals surface area contributed by atoms with Gasteiger partial charge in [0.15, 0.2) is 0 Å². The lowest BCUT2D eigenvalue weighted by Crippen LogP contribution is -2.02. The Bertz CT molecular complexity index is 661. The van der Waals surface area contributed by atoms with Crippen molar-refractivity contribution < 1.29 is 0 Å². The van der Waals surface area contributed by atoms with E-state index in [1.807, 2.05) is 0 Å². The van der Waals surface area contributed by atoms with Crippen molar-refractivity contribution >= 4 is 0 Å². The molecule has 2 aromatic rings. The van der Waals surface area contributed by atoms with Crippen molar-refractivity contribution in [3.8, 4) is 17.2 Å². The molecule has 0 saturated heterocycles. The van der Waals surface area contributed by atoms with Gasteiger partial charge in [-0.15, -0.1) is 0 Å². The Hall–Kier alpha value is -2.07. The molecule has 132 valence electrons. The summed E-state index contributed by atoms with van der Waals surface area (Å²) in [6, 6.07) is 20.0. The minimum Gasteiger partial charge on any atom is -0.198 e. The summed E-state index contributed by atoms with van der Waals surface area (Å²) in [7, 11) is 0. The normalized spacial score (nSPS) is 13.2. The lowest BCUT2D eigenvalue weighted by molar-refractivity contribution is 0.494. The van der Waals surface area contributed by atoms with Gasteiger partial charge in [-0.3, -0.25) is 0 Å². The van der Waals surface area contributed by atoms with Gasteiger partial charge in [0.1, 0.15) is 0 Å². The van der Waals surface area contributed by atoms with Crippen molar-refractivity contribution in [1.29, 1.82) is 5.26 Å². The summed E-state index contributed by atoms with van der Waals surface area (Å²) >= 11 is 0. The topological polar surface area (TPSA) is 23.8 Å². The molecule has 0 aliphatic carbocycles. The van der Waals surface area contributed by atoms with Crippen LogP contribution in [-0.4, -0.2) is 0 Å². The van der Waals surface area contributed by atoms with E-state index in [4.69, 9.17) is 0 Å². The molecule has 2 aromatic carbocycles. The molecule has 0 heterocycles. The van der Waals surface area contributed by atoms with Gasteiger partial charge in [-0.2, -0.15) is 5.26 Å². The molecule has 0 N–H and O–H groups in total. The molecule has 2 rings (SSSR count). The standard InChI is InChI=1S/C24H31N/c1-4-6-7-8-20-9-11-21(12-10-20)22-13-15-23(16-14-22)24(18-25)17-19(3)5-2/h9-16,19,24H,4-8,17H2,1-3H3. The molecular formula is C24H31N. The molecule has 0 spiro atoms. The lowest BCUT2D eigenvalue weighted by atomic mass is 9.88. The zero-order valence-corrected chi connectivity index (χ0v) is 16.0. The molecule has 2 atom stereocenters. The first-order valence-corrected chi connectivity index (χ1v) is 9.76. The molecule has 0 saturated carbocycles. The fourth-order valence-corrected chi connectivity index (χ4v) is 3.18. The van der Waals surface area contributed by atoms with Crippen molar-refractivity contribution in [1.82, 2.24) is 0 Å². The van der Waals surface area contributed by atoms with E-state index in [1.54, 1.807) is 0 Å². The number of nitriles is 1. The maximum Gasteiger partial charge on any atom is 0.0715 e. The van der Waals surface area contributed by atoms with Gasteiger partial charge in [-0.1, -0.05) is 88.6 Å². The molecule has 0 bridgehead atoms. The van der Waals surface area contributed by atoms with Gasteiger partial charge in [-0.25, -0.2) is 0 Å². The van der Waals surface area contributed by atoms with Gasteiger partial charge in [0.2, 0.25) is 0 Å². The van der Waals surface area contributed by atoms with Crippen molar-refractivity contribution in [2.24, 2.45) is 5.92 Å². The molecule has 25 heavy (non-hydrogen) atoms. The predicted octanol–water partition coefficient (Wildman–Crippen LogP) is 7.13. The average molecular weight is 334 g/mol. The largest absolute Gasteiger partial charge is 0.198 e. The van der Waals surface area contributed by atoms with Crippen LogP contribution in [0.15, 0.2) is 48.5 Å². The summed E-state index contributed by atoms with van der Waals surface area (Å²) in [4.78, 5) is 0. The van der Waals surface area contributed by atoms with E-state index in [9.17, 15) is 5.26 Å². The second kappa shape index (κ2) is 10.0. The van der Waals surface area contributed by atoms with Crippen LogP contribution in [0, 0.1) is 17.2 Å². The van der Waals surface area contributed by atoms with Gasteiger partial charge >= 0.3 is 0 Å². The van der Waals surface area contributed by atoms with E-state index in [2.05, 4.69) is 75.4 Å². The smallest absolute Gasteiger partial charge is 0.0715 e. The van der Waals surface area contributed by atoms with Gasteiger partial charge in [0.05, 0.1) is 12.0 Å². The monoisotopic (exact) mass is 333 g/mol. The van der Waals surface area contributed by atoms with Crippen molar-refractivity contribution in [3.63, 3.8) is 0 Å². The highest BCUT2D eigenvalue weighted by Crippen LogP contribution is 2.27. The van der Waals surface area contributed by atoms with Crippen molar-refractivity contribution in [2.75, 3.05) is 0 Å². The highest BCUT2D eigenvalue weighted by molar-refractivity contribution is 5.64. The molecule has 2 unspecified atom stereocenters. The number of aryl methyl sites for hydroxylation is 1. The van der Waals surface area contributed by atoms with Crippen molar-refractivity contribution in [2.45, 2.75) is 65.2 Å². The molecule has 0 aliphatic heterocycles. The van der Waals surface area contributed by atoms with Crippen LogP contribution < -0.4 is 0 Å².